The van der Waals surface area contributed by atoms with Crippen molar-refractivity contribution < 1.29 is 10.6 Å². The van der Waals surface area contributed by atoms with Crippen molar-refractivity contribution in [2.75, 3.05) is 19.6 Å². The summed E-state index contributed by atoms with van der Waals surface area (Å²) in [5, 5.41) is 0.866. The Kier molecular flexibility index (Phi) is 5.09. The number of quaternary nitrogens is 2. The first-order chi connectivity index (χ1) is 7.24. The average Bonchev–Trinajstić information content (AvgIpc) is 2.27. The van der Waals surface area contributed by atoms with Crippen LogP contribution in [-0.4, -0.2) is 19.6 Å². The molecule has 84 valence electrons. The van der Waals surface area contributed by atoms with Gasteiger partial charge in [0.15, 0.2) is 6.04 Å². The van der Waals surface area contributed by atoms with Crippen LogP contribution in [0.25, 0.3) is 0 Å². The molecule has 0 aliphatic heterocycles. The molecular weight excluding hydrogens is 208 g/mol. The van der Waals surface area contributed by atoms with Gasteiger partial charge in [0, 0.05) is 10.6 Å². The van der Waals surface area contributed by atoms with E-state index in [0.29, 0.717) is 6.04 Å². The molecule has 0 spiro atoms. The molecule has 0 heterocycles. The molecule has 1 aromatic rings. The maximum Gasteiger partial charge on any atom is 0.164 e. The lowest BCUT2D eigenvalue weighted by atomic mass is 10.1. The number of hydrogen-bond donors (Lipinski definition) is 2. The van der Waals surface area contributed by atoms with Crippen LogP contribution in [0.2, 0.25) is 5.02 Å². The van der Waals surface area contributed by atoms with E-state index in [2.05, 4.69) is 25.6 Å². The van der Waals surface area contributed by atoms with Crippen molar-refractivity contribution in [2.24, 2.45) is 0 Å². The van der Waals surface area contributed by atoms with Gasteiger partial charge in [-0.15, -0.1) is 0 Å². The molecule has 15 heavy (non-hydrogen) atoms. The molecule has 0 saturated heterocycles. The Labute approximate surface area is 97.0 Å². The summed E-state index contributed by atoms with van der Waals surface area (Å²) >= 11 is 6.21. The molecule has 1 rings (SSSR count). The smallest absolute Gasteiger partial charge is 0.164 e. The van der Waals surface area contributed by atoms with E-state index in [1.807, 2.05) is 18.2 Å². The lowest BCUT2D eigenvalue weighted by Gasteiger charge is -2.24. The third kappa shape index (κ3) is 2.94. The monoisotopic (exact) mass is 228 g/mol. The molecule has 0 unspecified atom stereocenters. The first-order valence-corrected chi connectivity index (χ1v) is 6.00. The van der Waals surface area contributed by atoms with Gasteiger partial charge in [-0.2, -0.15) is 0 Å². The van der Waals surface area contributed by atoms with Crippen LogP contribution in [0.3, 0.4) is 0 Å². The van der Waals surface area contributed by atoms with E-state index in [1.54, 1.807) is 0 Å². The molecule has 3 heteroatoms. The van der Waals surface area contributed by atoms with Gasteiger partial charge in [0.05, 0.1) is 13.1 Å². The lowest BCUT2D eigenvalue weighted by molar-refractivity contribution is -0.934. The third-order valence-electron chi connectivity index (χ3n) is 2.97. The SMILES string of the molecule is CC[NH+](CC)[C@@H](C[NH3+])c1ccccc1Cl. The van der Waals surface area contributed by atoms with Gasteiger partial charge < -0.3 is 10.6 Å². The number of nitrogens with one attached hydrogen (secondary N) is 1. The Morgan fingerprint density at radius 2 is 1.87 bits per heavy atom. The summed E-state index contributed by atoms with van der Waals surface area (Å²) in [6.07, 6.45) is 0. The summed E-state index contributed by atoms with van der Waals surface area (Å²) in [6.45, 7) is 7.53. The highest BCUT2D eigenvalue weighted by Crippen LogP contribution is 2.19. The van der Waals surface area contributed by atoms with E-state index in [0.717, 1.165) is 24.7 Å². The molecular formula is C12H21ClN2+2. The maximum absolute atomic E-state index is 6.21. The summed E-state index contributed by atoms with van der Waals surface area (Å²) < 4.78 is 0. The van der Waals surface area contributed by atoms with Crippen LogP contribution in [0.1, 0.15) is 25.5 Å². The van der Waals surface area contributed by atoms with E-state index in [4.69, 9.17) is 11.6 Å². The molecule has 0 saturated carbocycles. The fourth-order valence-electron chi connectivity index (χ4n) is 2.08. The van der Waals surface area contributed by atoms with Crippen molar-refractivity contribution >= 4 is 11.6 Å². The molecule has 0 fully saturated rings. The molecule has 0 amide bonds. The topological polar surface area (TPSA) is 32.1 Å². The van der Waals surface area contributed by atoms with Crippen molar-refractivity contribution in [3.63, 3.8) is 0 Å². The molecule has 0 aromatic heterocycles. The van der Waals surface area contributed by atoms with Gasteiger partial charge in [-0.05, 0) is 19.9 Å². The zero-order valence-corrected chi connectivity index (χ0v) is 10.3. The van der Waals surface area contributed by atoms with Crippen molar-refractivity contribution in [1.82, 2.24) is 0 Å². The Hall–Kier alpha value is -0.570. The molecule has 4 N–H and O–H groups in total. The van der Waals surface area contributed by atoms with Gasteiger partial charge in [-0.25, -0.2) is 0 Å². The van der Waals surface area contributed by atoms with E-state index in [1.165, 1.54) is 10.5 Å². The fourth-order valence-corrected chi connectivity index (χ4v) is 2.35. The third-order valence-corrected chi connectivity index (χ3v) is 3.31. The van der Waals surface area contributed by atoms with Crippen molar-refractivity contribution in [2.45, 2.75) is 19.9 Å². The van der Waals surface area contributed by atoms with Crippen molar-refractivity contribution in [3.05, 3.63) is 34.9 Å². The standard InChI is InChI=1S/C12H19ClN2/c1-3-15(4-2)12(9-14)10-7-5-6-8-11(10)13/h5-8,12H,3-4,9,14H2,1-2H3/p+2/t12-/m0/s1. The lowest BCUT2D eigenvalue weighted by Crippen LogP contribution is -3.13. The fraction of sp³-hybridized carbons (Fsp3) is 0.500. The van der Waals surface area contributed by atoms with Crippen LogP contribution in [0.5, 0.6) is 0 Å². The van der Waals surface area contributed by atoms with Gasteiger partial charge in [-0.3, -0.25) is 0 Å². The highest BCUT2D eigenvalue weighted by molar-refractivity contribution is 6.31. The van der Waals surface area contributed by atoms with Gasteiger partial charge in [0.2, 0.25) is 0 Å². The van der Waals surface area contributed by atoms with Gasteiger partial charge in [0.25, 0.3) is 0 Å². The van der Waals surface area contributed by atoms with E-state index < -0.39 is 0 Å². The minimum atomic E-state index is 0.425. The second-order valence-electron chi connectivity index (χ2n) is 3.73. The molecule has 0 bridgehead atoms. The second-order valence-corrected chi connectivity index (χ2v) is 4.14. The first kappa shape index (κ1) is 12.5. The van der Waals surface area contributed by atoms with E-state index in [9.17, 15) is 0 Å². The van der Waals surface area contributed by atoms with Gasteiger partial charge >= 0.3 is 0 Å². The Bertz CT molecular complexity index is 297. The summed E-state index contributed by atoms with van der Waals surface area (Å²) in [4.78, 5) is 1.54. The van der Waals surface area contributed by atoms with Gasteiger partial charge in [-0.1, -0.05) is 29.8 Å². The van der Waals surface area contributed by atoms with Crippen molar-refractivity contribution in [1.29, 1.82) is 0 Å². The van der Waals surface area contributed by atoms with Crippen LogP contribution in [0.15, 0.2) is 24.3 Å². The van der Waals surface area contributed by atoms with Crippen LogP contribution in [-0.2, 0) is 0 Å². The number of likely N-dealkylation sites (N-methyl/N-ethyl adjacent to an activating group) is 1. The number of benzene rings is 1. The zero-order valence-electron chi connectivity index (χ0n) is 9.59. The predicted octanol–water partition coefficient (Wildman–Crippen LogP) is 0.548. The highest BCUT2D eigenvalue weighted by atomic mass is 35.5. The molecule has 1 aromatic carbocycles. The van der Waals surface area contributed by atoms with E-state index in [-0.39, 0.29) is 0 Å². The Balaban J connectivity index is 2.96. The molecule has 0 aliphatic rings. The van der Waals surface area contributed by atoms with Crippen LogP contribution >= 0.6 is 11.6 Å². The summed E-state index contributed by atoms with van der Waals surface area (Å²) in [6, 6.07) is 8.52. The molecule has 0 aliphatic carbocycles. The van der Waals surface area contributed by atoms with E-state index >= 15 is 0 Å². The number of hydrogen-bond acceptors (Lipinski definition) is 0. The summed E-state index contributed by atoms with van der Waals surface area (Å²) in [5.41, 5.74) is 5.27. The average molecular weight is 229 g/mol. The highest BCUT2D eigenvalue weighted by Gasteiger charge is 2.23. The zero-order chi connectivity index (χ0) is 11.3. The number of rotatable bonds is 5. The second kappa shape index (κ2) is 6.11. The van der Waals surface area contributed by atoms with Crippen LogP contribution in [0.4, 0.5) is 0 Å². The van der Waals surface area contributed by atoms with Gasteiger partial charge in [0.1, 0.15) is 6.54 Å². The van der Waals surface area contributed by atoms with Crippen molar-refractivity contribution in [3.8, 4) is 0 Å². The molecule has 1 atom stereocenters. The molecule has 0 radical (unpaired) electrons. The predicted molar refractivity (Wildman–Crippen MR) is 64.0 cm³/mol. The number of halogens is 1. The first-order valence-electron chi connectivity index (χ1n) is 5.62. The summed E-state index contributed by atoms with van der Waals surface area (Å²) in [7, 11) is 0. The van der Waals surface area contributed by atoms with Crippen LogP contribution < -0.4 is 10.6 Å². The minimum Gasteiger partial charge on any atom is -0.352 e. The minimum absolute atomic E-state index is 0.425. The quantitative estimate of drug-likeness (QED) is 0.738. The molecule has 2 nitrogen and oxygen atoms in total. The Morgan fingerprint density at radius 3 is 2.33 bits per heavy atom. The normalized spacial score (nSPS) is 13.1. The Morgan fingerprint density at radius 1 is 1.27 bits per heavy atom. The maximum atomic E-state index is 6.21. The summed E-state index contributed by atoms with van der Waals surface area (Å²) in [5.74, 6) is 0. The van der Waals surface area contributed by atoms with Crippen LogP contribution in [0, 0.1) is 0 Å². The largest absolute Gasteiger partial charge is 0.352 e.